The third-order valence-electron chi connectivity index (χ3n) is 2.67. The maximum atomic E-state index is 8.81. The van der Waals surface area contributed by atoms with Crippen LogP contribution in [0.3, 0.4) is 0 Å². The van der Waals surface area contributed by atoms with Crippen LogP contribution in [0.1, 0.15) is 16.7 Å². The van der Waals surface area contributed by atoms with Gasteiger partial charge in [0.15, 0.2) is 0 Å². The smallest absolute Gasteiger partial charge is 0.0991 e. The number of hydrogen-bond donors (Lipinski definition) is 0. The highest BCUT2D eigenvalue weighted by atomic mass is 35.5. The third kappa shape index (κ3) is 3.34. The molecule has 1 nitrogen and oxygen atoms in total. The van der Waals surface area contributed by atoms with Crippen molar-refractivity contribution in [3.8, 4) is 6.07 Å². The molecule has 0 radical (unpaired) electrons. The summed E-state index contributed by atoms with van der Waals surface area (Å²) in [6.45, 7) is 0. The minimum absolute atomic E-state index is 0.721. The predicted octanol–water partition coefficient (Wildman–Crippen LogP) is 4.00. The van der Waals surface area contributed by atoms with Crippen LogP contribution in [0.2, 0.25) is 5.02 Å². The molecule has 0 bridgehead atoms. The van der Waals surface area contributed by atoms with Crippen molar-refractivity contribution in [2.24, 2.45) is 0 Å². The summed E-state index contributed by atoms with van der Waals surface area (Å²) >= 11 is 5.83. The van der Waals surface area contributed by atoms with Gasteiger partial charge in [-0.1, -0.05) is 35.9 Å². The summed E-state index contributed by atoms with van der Waals surface area (Å²) in [6, 6.07) is 17.8. The summed E-state index contributed by atoms with van der Waals surface area (Å²) in [5, 5.41) is 9.58. The van der Waals surface area contributed by atoms with Gasteiger partial charge >= 0.3 is 0 Å². The maximum Gasteiger partial charge on any atom is 0.0991 e. The van der Waals surface area contributed by atoms with Gasteiger partial charge in [0.05, 0.1) is 11.6 Å². The first-order valence-electron chi connectivity index (χ1n) is 5.51. The molecule has 0 aliphatic rings. The van der Waals surface area contributed by atoms with Gasteiger partial charge in [-0.15, -0.1) is 0 Å². The Morgan fingerprint density at radius 3 is 2.35 bits per heavy atom. The molecule has 0 amide bonds. The molecular formula is C15H12ClN. The average molecular weight is 242 g/mol. The number of aryl methyl sites for hydroxylation is 2. The van der Waals surface area contributed by atoms with Crippen molar-refractivity contribution in [2.75, 3.05) is 0 Å². The molecule has 2 rings (SSSR count). The van der Waals surface area contributed by atoms with Crippen LogP contribution in [-0.4, -0.2) is 0 Å². The van der Waals surface area contributed by atoms with Gasteiger partial charge in [-0.25, -0.2) is 0 Å². The van der Waals surface area contributed by atoms with Crippen molar-refractivity contribution >= 4 is 11.6 Å². The Balaban J connectivity index is 2.02. The first kappa shape index (κ1) is 11.7. The Morgan fingerprint density at radius 2 is 1.65 bits per heavy atom. The molecule has 0 aliphatic carbocycles. The molecule has 0 fully saturated rings. The number of rotatable bonds is 3. The van der Waals surface area contributed by atoms with Gasteiger partial charge in [0.2, 0.25) is 0 Å². The summed E-state index contributed by atoms with van der Waals surface area (Å²) in [6.07, 6.45) is 1.91. The van der Waals surface area contributed by atoms with Gasteiger partial charge in [0.25, 0.3) is 0 Å². The van der Waals surface area contributed by atoms with Crippen molar-refractivity contribution in [2.45, 2.75) is 12.8 Å². The Hall–Kier alpha value is -1.78. The quantitative estimate of drug-likeness (QED) is 0.797. The van der Waals surface area contributed by atoms with Crippen LogP contribution < -0.4 is 0 Å². The van der Waals surface area contributed by atoms with Crippen molar-refractivity contribution in [1.82, 2.24) is 0 Å². The Bertz CT molecular complexity index is 538. The van der Waals surface area contributed by atoms with E-state index in [1.807, 2.05) is 42.5 Å². The monoisotopic (exact) mass is 241 g/mol. The second kappa shape index (κ2) is 5.52. The Kier molecular flexibility index (Phi) is 3.80. The molecular weight excluding hydrogens is 230 g/mol. The first-order chi connectivity index (χ1) is 8.28. The molecule has 0 unspecified atom stereocenters. The number of nitriles is 1. The second-order valence-electron chi connectivity index (χ2n) is 3.94. The fourth-order valence-corrected chi connectivity index (χ4v) is 1.86. The number of nitrogens with zero attached hydrogens (tertiary/aromatic N) is 1. The van der Waals surface area contributed by atoms with Gasteiger partial charge in [-0.3, -0.25) is 0 Å². The van der Waals surface area contributed by atoms with E-state index in [4.69, 9.17) is 16.9 Å². The topological polar surface area (TPSA) is 23.8 Å². The second-order valence-corrected chi connectivity index (χ2v) is 4.38. The van der Waals surface area contributed by atoms with Gasteiger partial charge in [-0.2, -0.15) is 5.26 Å². The lowest BCUT2D eigenvalue weighted by Gasteiger charge is -2.02. The molecule has 0 aromatic heterocycles. The van der Waals surface area contributed by atoms with E-state index in [9.17, 15) is 0 Å². The zero-order valence-corrected chi connectivity index (χ0v) is 10.1. The number of hydrogen-bond acceptors (Lipinski definition) is 1. The van der Waals surface area contributed by atoms with E-state index in [0.29, 0.717) is 0 Å². The molecule has 0 spiro atoms. The molecule has 0 saturated heterocycles. The van der Waals surface area contributed by atoms with E-state index in [-0.39, 0.29) is 0 Å². The van der Waals surface area contributed by atoms with Crippen LogP contribution in [0.25, 0.3) is 0 Å². The molecule has 84 valence electrons. The van der Waals surface area contributed by atoms with Crippen LogP contribution in [-0.2, 0) is 12.8 Å². The molecule has 2 aromatic carbocycles. The van der Waals surface area contributed by atoms with E-state index in [1.54, 1.807) is 0 Å². The first-order valence-corrected chi connectivity index (χ1v) is 5.89. The van der Waals surface area contributed by atoms with Gasteiger partial charge in [0.1, 0.15) is 0 Å². The molecule has 0 aliphatic heterocycles. The summed E-state index contributed by atoms with van der Waals surface area (Å²) in [5.74, 6) is 0. The fraction of sp³-hybridized carbons (Fsp3) is 0.133. The van der Waals surface area contributed by atoms with E-state index < -0.39 is 0 Å². The highest BCUT2D eigenvalue weighted by Crippen LogP contribution is 2.12. The molecule has 0 atom stereocenters. The van der Waals surface area contributed by atoms with Crippen LogP contribution in [0, 0.1) is 11.3 Å². The summed E-state index contributed by atoms with van der Waals surface area (Å²) in [4.78, 5) is 0. The van der Waals surface area contributed by atoms with Gasteiger partial charge in [-0.05, 0) is 48.2 Å². The number of halogens is 1. The lowest BCUT2D eigenvalue weighted by atomic mass is 10.0. The Labute approximate surface area is 106 Å². The number of benzene rings is 2. The van der Waals surface area contributed by atoms with E-state index >= 15 is 0 Å². The highest BCUT2D eigenvalue weighted by Gasteiger charge is 1.97. The van der Waals surface area contributed by atoms with Crippen LogP contribution in [0.4, 0.5) is 0 Å². The van der Waals surface area contributed by atoms with E-state index in [2.05, 4.69) is 12.1 Å². The van der Waals surface area contributed by atoms with Crippen molar-refractivity contribution < 1.29 is 0 Å². The minimum Gasteiger partial charge on any atom is -0.192 e. The van der Waals surface area contributed by atoms with E-state index in [1.165, 1.54) is 11.1 Å². The highest BCUT2D eigenvalue weighted by molar-refractivity contribution is 6.30. The van der Waals surface area contributed by atoms with Crippen LogP contribution in [0.15, 0.2) is 48.5 Å². The van der Waals surface area contributed by atoms with Crippen LogP contribution >= 0.6 is 11.6 Å². The van der Waals surface area contributed by atoms with Crippen molar-refractivity contribution in [3.05, 3.63) is 70.2 Å². The standard InChI is InChI=1S/C15H12ClN/c16-15-8-6-12(7-9-15)4-5-13-2-1-3-14(10-13)11-17/h1-3,6-10H,4-5H2. The molecule has 2 aromatic rings. The lowest BCUT2D eigenvalue weighted by molar-refractivity contribution is 0.959. The predicted molar refractivity (Wildman–Crippen MR) is 70.0 cm³/mol. The SMILES string of the molecule is N#Cc1cccc(CCc2ccc(Cl)cc2)c1. The summed E-state index contributed by atoms with van der Waals surface area (Å²) < 4.78 is 0. The summed E-state index contributed by atoms with van der Waals surface area (Å²) in [7, 11) is 0. The molecule has 0 N–H and O–H groups in total. The maximum absolute atomic E-state index is 8.81. The summed E-state index contributed by atoms with van der Waals surface area (Å²) in [5.41, 5.74) is 3.18. The molecule has 2 heteroatoms. The van der Waals surface area contributed by atoms with Crippen molar-refractivity contribution in [1.29, 1.82) is 5.26 Å². The molecule has 0 heterocycles. The molecule has 0 saturated carbocycles. The minimum atomic E-state index is 0.721. The third-order valence-corrected chi connectivity index (χ3v) is 2.92. The normalized spacial score (nSPS) is 9.88. The van der Waals surface area contributed by atoms with Crippen LogP contribution in [0.5, 0.6) is 0 Å². The Morgan fingerprint density at radius 1 is 0.941 bits per heavy atom. The zero-order valence-electron chi connectivity index (χ0n) is 9.36. The fourth-order valence-electron chi connectivity index (χ4n) is 1.74. The zero-order chi connectivity index (χ0) is 12.1. The van der Waals surface area contributed by atoms with Gasteiger partial charge < -0.3 is 0 Å². The molecule has 17 heavy (non-hydrogen) atoms. The lowest BCUT2D eigenvalue weighted by Crippen LogP contribution is -1.91. The van der Waals surface area contributed by atoms with Crippen molar-refractivity contribution in [3.63, 3.8) is 0 Å². The average Bonchev–Trinajstić information content (AvgIpc) is 2.38. The van der Waals surface area contributed by atoms with E-state index in [0.717, 1.165) is 23.4 Å². The largest absolute Gasteiger partial charge is 0.192 e. The van der Waals surface area contributed by atoms with Gasteiger partial charge in [0, 0.05) is 5.02 Å².